The molecule has 0 unspecified atom stereocenters. The van der Waals surface area contributed by atoms with Crippen molar-refractivity contribution in [1.82, 2.24) is 4.98 Å². The van der Waals surface area contributed by atoms with Gasteiger partial charge in [0.2, 0.25) is 0 Å². The van der Waals surface area contributed by atoms with Gasteiger partial charge in [0.25, 0.3) is 0 Å². The standard InChI is InChI=1S/C15H14BrNO2/c1-11-8-14(16)9-13(10-18)15(11)19-7-4-12-2-5-17-6-3-12/h2-3,5-6,8-10H,4,7H2,1H3. The fourth-order valence-electron chi connectivity index (χ4n) is 1.86. The molecular formula is C15H14BrNO2. The molecule has 3 nitrogen and oxygen atoms in total. The molecule has 1 heterocycles. The van der Waals surface area contributed by atoms with Crippen LogP contribution in [-0.2, 0) is 6.42 Å². The lowest BCUT2D eigenvalue weighted by molar-refractivity contribution is 0.111. The molecule has 1 aromatic carbocycles. The van der Waals surface area contributed by atoms with Crippen LogP contribution >= 0.6 is 15.9 Å². The molecule has 0 saturated heterocycles. The van der Waals surface area contributed by atoms with Crippen molar-refractivity contribution in [1.29, 1.82) is 0 Å². The number of hydrogen-bond donors (Lipinski definition) is 0. The molecule has 0 N–H and O–H groups in total. The van der Waals surface area contributed by atoms with Crippen molar-refractivity contribution >= 4 is 22.2 Å². The van der Waals surface area contributed by atoms with E-state index in [0.717, 1.165) is 28.3 Å². The number of nitrogens with zero attached hydrogens (tertiary/aromatic N) is 1. The van der Waals surface area contributed by atoms with Crippen molar-refractivity contribution in [2.24, 2.45) is 0 Å². The molecule has 0 bridgehead atoms. The Bertz CT molecular complexity index is 570. The average molecular weight is 320 g/mol. The average Bonchev–Trinajstić information content (AvgIpc) is 2.42. The molecule has 0 aliphatic rings. The number of halogens is 1. The van der Waals surface area contributed by atoms with Crippen LogP contribution in [-0.4, -0.2) is 17.9 Å². The van der Waals surface area contributed by atoms with Gasteiger partial charge in [0.05, 0.1) is 12.2 Å². The number of hydrogen-bond acceptors (Lipinski definition) is 3. The molecule has 0 aliphatic carbocycles. The minimum absolute atomic E-state index is 0.535. The summed E-state index contributed by atoms with van der Waals surface area (Å²) < 4.78 is 6.63. The van der Waals surface area contributed by atoms with Gasteiger partial charge in [-0.05, 0) is 42.3 Å². The summed E-state index contributed by atoms with van der Waals surface area (Å²) in [6, 6.07) is 7.62. The van der Waals surface area contributed by atoms with Crippen molar-refractivity contribution in [3.8, 4) is 5.75 Å². The van der Waals surface area contributed by atoms with Crippen molar-refractivity contribution < 1.29 is 9.53 Å². The Balaban J connectivity index is 2.05. The Kier molecular flexibility index (Phi) is 4.68. The smallest absolute Gasteiger partial charge is 0.153 e. The third kappa shape index (κ3) is 3.64. The number of carbonyl (C=O) groups is 1. The molecule has 0 spiro atoms. The van der Waals surface area contributed by atoms with Crippen molar-refractivity contribution in [2.45, 2.75) is 13.3 Å². The Labute approximate surface area is 120 Å². The maximum absolute atomic E-state index is 11.1. The molecule has 0 amide bonds. The summed E-state index contributed by atoms with van der Waals surface area (Å²) >= 11 is 3.37. The predicted molar refractivity (Wildman–Crippen MR) is 77.7 cm³/mol. The van der Waals surface area contributed by atoms with Gasteiger partial charge in [0, 0.05) is 23.3 Å². The summed E-state index contributed by atoms with van der Waals surface area (Å²) in [4.78, 5) is 15.0. The molecule has 2 aromatic rings. The molecule has 0 atom stereocenters. The highest BCUT2D eigenvalue weighted by molar-refractivity contribution is 9.10. The van der Waals surface area contributed by atoms with Crippen LogP contribution < -0.4 is 4.74 Å². The normalized spacial score (nSPS) is 10.2. The van der Waals surface area contributed by atoms with Crippen LogP contribution in [0.2, 0.25) is 0 Å². The highest BCUT2D eigenvalue weighted by Gasteiger charge is 2.08. The zero-order valence-corrected chi connectivity index (χ0v) is 12.2. The van der Waals surface area contributed by atoms with E-state index in [2.05, 4.69) is 20.9 Å². The largest absolute Gasteiger partial charge is 0.492 e. The molecule has 0 radical (unpaired) electrons. The molecule has 2 rings (SSSR count). The second kappa shape index (κ2) is 6.48. The van der Waals surface area contributed by atoms with E-state index >= 15 is 0 Å². The number of aromatic nitrogens is 1. The van der Waals surface area contributed by atoms with Gasteiger partial charge in [-0.15, -0.1) is 0 Å². The van der Waals surface area contributed by atoms with Gasteiger partial charge in [0.15, 0.2) is 6.29 Å². The number of carbonyl (C=O) groups excluding carboxylic acids is 1. The monoisotopic (exact) mass is 319 g/mol. The minimum Gasteiger partial charge on any atom is -0.492 e. The first-order valence-electron chi connectivity index (χ1n) is 5.97. The molecule has 1 aromatic heterocycles. The Hall–Kier alpha value is -1.68. The van der Waals surface area contributed by atoms with Gasteiger partial charge in [-0.1, -0.05) is 15.9 Å². The van der Waals surface area contributed by atoms with Gasteiger partial charge in [-0.2, -0.15) is 0 Å². The van der Waals surface area contributed by atoms with Crippen LogP contribution in [0, 0.1) is 6.92 Å². The number of benzene rings is 1. The summed E-state index contributed by atoms with van der Waals surface area (Å²) in [6.45, 7) is 2.47. The quantitative estimate of drug-likeness (QED) is 0.791. The zero-order valence-electron chi connectivity index (χ0n) is 10.6. The van der Waals surface area contributed by atoms with E-state index in [0.29, 0.717) is 17.9 Å². The molecule has 0 aliphatic heterocycles. The van der Waals surface area contributed by atoms with Crippen LogP contribution in [0.25, 0.3) is 0 Å². The highest BCUT2D eigenvalue weighted by Crippen LogP contribution is 2.27. The lowest BCUT2D eigenvalue weighted by atomic mass is 10.1. The number of rotatable bonds is 5. The summed E-state index contributed by atoms with van der Waals surface area (Å²) in [5.41, 5.74) is 2.69. The van der Waals surface area contributed by atoms with E-state index in [-0.39, 0.29) is 0 Å². The van der Waals surface area contributed by atoms with E-state index in [1.807, 2.05) is 25.1 Å². The molecule has 0 saturated carbocycles. The molecule has 0 fully saturated rings. The minimum atomic E-state index is 0.535. The lowest BCUT2D eigenvalue weighted by Gasteiger charge is -2.12. The summed E-state index contributed by atoms with van der Waals surface area (Å²) in [5.74, 6) is 0.659. The van der Waals surface area contributed by atoms with E-state index < -0.39 is 0 Å². The van der Waals surface area contributed by atoms with Gasteiger partial charge >= 0.3 is 0 Å². The van der Waals surface area contributed by atoms with Crippen LogP contribution in [0.4, 0.5) is 0 Å². The second-order valence-corrected chi connectivity index (χ2v) is 5.13. The first-order chi connectivity index (χ1) is 9.20. The maximum Gasteiger partial charge on any atom is 0.153 e. The van der Waals surface area contributed by atoms with E-state index in [4.69, 9.17) is 4.74 Å². The van der Waals surface area contributed by atoms with Crippen LogP contribution in [0.1, 0.15) is 21.5 Å². The number of aldehydes is 1. The number of aryl methyl sites for hydroxylation is 1. The van der Waals surface area contributed by atoms with Crippen LogP contribution in [0.15, 0.2) is 41.1 Å². The summed E-state index contributed by atoms with van der Waals surface area (Å²) in [5, 5.41) is 0. The predicted octanol–water partition coefficient (Wildman–Crippen LogP) is 3.59. The molecule has 4 heteroatoms. The third-order valence-corrected chi connectivity index (χ3v) is 3.24. The fourth-order valence-corrected chi connectivity index (χ4v) is 2.45. The summed E-state index contributed by atoms with van der Waals surface area (Å²) in [7, 11) is 0. The SMILES string of the molecule is Cc1cc(Br)cc(C=O)c1OCCc1ccncc1. The van der Waals surface area contributed by atoms with E-state index in [9.17, 15) is 4.79 Å². The van der Waals surface area contributed by atoms with Crippen molar-refractivity contribution in [3.63, 3.8) is 0 Å². The Morgan fingerprint density at radius 3 is 2.74 bits per heavy atom. The van der Waals surface area contributed by atoms with Crippen LogP contribution in [0.3, 0.4) is 0 Å². The Morgan fingerprint density at radius 1 is 1.32 bits per heavy atom. The number of pyridine rings is 1. The maximum atomic E-state index is 11.1. The lowest BCUT2D eigenvalue weighted by Crippen LogP contribution is -2.05. The van der Waals surface area contributed by atoms with E-state index in [1.165, 1.54) is 0 Å². The van der Waals surface area contributed by atoms with Gasteiger partial charge < -0.3 is 4.74 Å². The van der Waals surface area contributed by atoms with Crippen LogP contribution in [0.5, 0.6) is 5.75 Å². The molecular weight excluding hydrogens is 306 g/mol. The third-order valence-electron chi connectivity index (χ3n) is 2.78. The summed E-state index contributed by atoms with van der Waals surface area (Å²) in [6.07, 6.45) is 5.13. The topological polar surface area (TPSA) is 39.2 Å². The first kappa shape index (κ1) is 13.7. The van der Waals surface area contributed by atoms with Gasteiger partial charge in [-0.3, -0.25) is 9.78 Å². The highest BCUT2D eigenvalue weighted by atomic mass is 79.9. The zero-order chi connectivity index (χ0) is 13.7. The Morgan fingerprint density at radius 2 is 2.05 bits per heavy atom. The van der Waals surface area contributed by atoms with E-state index in [1.54, 1.807) is 18.5 Å². The first-order valence-corrected chi connectivity index (χ1v) is 6.77. The molecule has 19 heavy (non-hydrogen) atoms. The van der Waals surface area contributed by atoms with Crippen molar-refractivity contribution in [3.05, 3.63) is 57.8 Å². The van der Waals surface area contributed by atoms with Gasteiger partial charge in [-0.25, -0.2) is 0 Å². The van der Waals surface area contributed by atoms with Crippen molar-refractivity contribution in [2.75, 3.05) is 6.61 Å². The molecule has 98 valence electrons. The van der Waals surface area contributed by atoms with Gasteiger partial charge in [0.1, 0.15) is 5.75 Å². The fraction of sp³-hybridized carbons (Fsp3) is 0.200. The number of ether oxygens (including phenoxy) is 1. The second-order valence-electron chi connectivity index (χ2n) is 4.21.